The molecule has 1 atom stereocenters. The monoisotopic (exact) mass is 242 g/mol. The number of hydrogen-bond donors (Lipinski definition) is 2. The summed E-state index contributed by atoms with van der Waals surface area (Å²) in [6, 6.07) is 0.651. The summed E-state index contributed by atoms with van der Waals surface area (Å²) in [5, 5.41) is -0.378. The number of nitrogens with one attached hydrogen (secondary N) is 1. The smallest absolute Gasteiger partial charge is 0.271 e. The van der Waals surface area contributed by atoms with Crippen LogP contribution in [-0.4, -0.2) is 6.18 Å². The van der Waals surface area contributed by atoms with Crippen LogP contribution in [0, 0.1) is 5.82 Å². The summed E-state index contributed by atoms with van der Waals surface area (Å²) in [6.45, 7) is 0. The predicted molar refractivity (Wildman–Crippen MR) is 47.5 cm³/mol. The van der Waals surface area contributed by atoms with Crippen LogP contribution in [0.3, 0.4) is 0 Å². The van der Waals surface area contributed by atoms with E-state index in [9.17, 15) is 17.6 Å². The number of benzene rings is 1. The summed E-state index contributed by atoms with van der Waals surface area (Å²) in [6.07, 6.45) is -4.56. The Morgan fingerprint density at radius 3 is 2.33 bits per heavy atom. The van der Waals surface area contributed by atoms with Crippen LogP contribution in [0.4, 0.5) is 17.6 Å². The minimum absolute atomic E-state index is 0.239. The van der Waals surface area contributed by atoms with E-state index >= 15 is 0 Å². The molecule has 84 valence electrons. The van der Waals surface area contributed by atoms with Crippen molar-refractivity contribution in [3.63, 3.8) is 0 Å². The molecule has 0 fully saturated rings. The van der Waals surface area contributed by atoms with Crippen LogP contribution < -0.4 is 11.3 Å². The average Bonchev–Trinajstić information content (AvgIpc) is 2.10. The Bertz CT molecular complexity index is 353. The number of alkyl halides is 3. The van der Waals surface area contributed by atoms with Gasteiger partial charge in [0.05, 0.1) is 5.02 Å². The van der Waals surface area contributed by atoms with Crippen molar-refractivity contribution in [1.29, 1.82) is 0 Å². The number of hydrazine groups is 1. The number of hydrogen-bond acceptors (Lipinski definition) is 2. The van der Waals surface area contributed by atoms with Gasteiger partial charge >= 0.3 is 6.18 Å². The minimum atomic E-state index is -4.56. The SMILES string of the molecule is NN[C@@H](c1ccc(F)c(Cl)c1)C(F)(F)F. The fourth-order valence-electron chi connectivity index (χ4n) is 1.07. The van der Waals surface area contributed by atoms with Gasteiger partial charge in [-0.2, -0.15) is 13.2 Å². The second-order valence-electron chi connectivity index (χ2n) is 2.81. The molecule has 0 unspecified atom stereocenters. The zero-order valence-electron chi connectivity index (χ0n) is 7.28. The lowest BCUT2D eigenvalue weighted by molar-refractivity contribution is -0.157. The van der Waals surface area contributed by atoms with Gasteiger partial charge in [0.15, 0.2) is 0 Å². The standard InChI is InChI=1S/C8H7ClF4N2/c9-5-3-4(1-2-6(5)10)7(15-14)8(11,12)13/h1-3,7,15H,14H2/t7-/m0/s1. The Kier molecular flexibility index (Phi) is 3.54. The number of nitrogens with two attached hydrogens (primary N) is 1. The van der Waals surface area contributed by atoms with Gasteiger partial charge in [0.1, 0.15) is 11.9 Å². The maximum absolute atomic E-state index is 12.7. The molecule has 1 aromatic carbocycles. The number of rotatable bonds is 2. The Morgan fingerprint density at radius 1 is 1.33 bits per heavy atom. The van der Waals surface area contributed by atoms with E-state index in [1.165, 1.54) is 0 Å². The van der Waals surface area contributed by atoms with E-state index in [0.717, 1.165) is 18.2 Å². The Labute approximate surface area is 88.0 Å². The van der Waals surface area contributed by atoms with Crippen molar-refractivity contribution in [2.45, 2.75) is 12.2 Å². The Hall–Kier alpha value is -0.850. The lowest BCUT2D eigenvalue weighted by Gasteiger charge is -2.19. The van der Waals surface area contributed by atoms with Crippen LogP contribution in [0.25, 0.3) is 0 Å². The molecule has 2 nitrogen and oxygen atoms in total. The molecule has 0 amide bonds. The Balaban J connectivity index is 3.08. The topological polar surface area (TPSA) is 38.0 Å². The molecule has 0 aliphatic carbocycles. The summed E-state index contributed by atoms with van der Waals surface area (Å²) >= 11 is 5.35. The van der Waals surface area contributed by atoms with Gasteiger partial charge < -0.3 is 0 Å². The maximum Gasteiger partial charge on any atom is 0.409 e. The first-order chi connectivity index (χ1) is 6.86. The van der Waals surface area contributed by atoms with Crippen molar-refractivity contribution in [1.82, 2.24) is 5.43 Å². The molecule has 0 saturated carbocycles. The molecule has 0 heterocycles. The van der Waals surface area contributed by atoms with Gasteiger partial charge in [-0.25, -0.2) is 9.82 Å². The third kappa shape index (κ3) is 2.80. The fourth-order valence-corrected chi connectivity index (χ4v) is 1.26. The zero-order valence-corrected chi connectivity index (χ0v) is 8.03. The molecule has 0 saturated heterocycles. The molecule has 7 heteroatoms. The minimum Gasteiger partial charge on any atom is -0.271 e. The molecule has 0 spiro atoms. The van der Waals surface area contributed by atoms with Crippen LogP contribution in [0.1, 0.15) is 11.6 Å². The highest BCUT2D eigenvalue weighted by Gasteiger charge is 2.40. The summed E-state index contributed by atoms with van der Waals surface area (Å²) in [5.41, 5.74) is 1.36. The van der Waals surface area contributed by atoms with E-state index in [2.05, 4.69) is 0 Å². The van der Waals surface area contributed by atoms with E-state index in [-0.39, 0.29) is 10.6 Å². The third-order valence-corrected chi connectivity index (χ3v) is 2.06. The highest BCUT2D eigenvalue weighted by atomic mass is 35.5. The van der Waals surface area contributed by atoms with Crippen LogP contribution >= 0.6 is 11.6 Å². The number of halogens is 5. The maximum atomic E-state index is 12.7. The summed E-state index contributed by atoms with van der Waals surface area (Å²) < 4.78 is 49.8. The molecule has 0 aliphatic heterocycles. The van der Waals surface area contributed by atoms with E-state index < -0.39 is 18.0 Å². The lowest BCUT2D eigenvalue weighted by atomic mass is 10.1. The predicted octanol–water partition coefficient (Wildman–Crippen LogP) is 2.55. The van der Waals surface area contributed by atoms with Crippen molar-refractivity contribution in [2.24, 2.45) is 5.84 Å². The first-order valence-electron chi connectivity index (χ1n) is 3.84. The highest BCUT2D eigenvalue weighted by molar-refractivity contribution is 6.30. The van der Waals surface area contributed by atoms with Gasteiger partial charge in [0.25, 0.3) is 0 Å². The fraction of sp³-hybridized carbons (Fsp3) is 0.250. The van der Waals surface area contributed by atoms with E-state index in [4.69, 9.17) is 17.4 Å². The third-order valence-electron chi connectivity index (χ3n) is 1.77. The van der Waals surface area contributed by atoms with Gasteiger partial charge in [-0.05, 0) is 17.7 Å². The van der Waals surface area contributed by atoms with Gasteiger partial charge in [-0.1, -0.05) is 17.7 Å². The summed E-state index contributed by atoms with van der Waals surface area (Å²) in [4.78, 5) is 0. The molecule has 0 bridgehead atoms. The Morgan fingerprint density at radius 2 is 1.93 bits per heavy atom. The molecule has 3 N–H and O–H groups in total. The van der Waals surface area contributed by atoms with Crippen LogP contribution in [0.5, 0.6) is 0 Å². The van der Waals surface area contributed by atoms with Crippen molar-refractivity contribution >= 4 is 11.6 Å². The average molecular weight is 243 g/mol. The molecule has 15 heavy (non-hydrogen) atoms. The van der Waals surface area contributed by atoms with Crippen molar-refractivity contribution in [3.05, 3.63) is 34.6 Å². The lowest BCUT2D eigenvalue weighted by Crippen LogP contribution is -2.38. The zero-order chi connectivity index (χ0) is 11.6. The van der Waals surface area contributed by atoms with E-state index in [1.54, 1.807) is 5.43 Å². The molecule has 1 aromatic rings. The first kappa shape index (κ1) is 12.2. The largest absolute Gasteiger partial charge is 0.409 e. The second kappa shape index (κ2) is 4.34. The first-order valence-corrected chi connectivity index (χ1v) is 4.22. The van der Waals surface area contributed by atoms with Crippen LogP contribution in [0.2, 0.25) is 5.02 Å². The molecule has 0 aromatic heterocycles. The van der Waals surface area contributed by atoms with Gasteiger partial charge in [0.2, 0.25) is 0 Å². The van der Waals surface area contributed by atoms with Crippen molar-refractivity contribution < 1.29 is 17.6 Å². The molecular formula is C8H7ClF4N2. The highest BCUT2D eigenvalue weighted by Crippen LogP contribution is 2.33. The molecule has 0 aliphatic rings. The van der Waals surface area contributed by atoms with Gasteiger partial charge in [0, 0.05) is 0 Å². The van der Waals surface area contributed by atoms with Crippen LogP contribution in [-0.2, 0) is 0 Å². The molecular weight excluding hydrogens is 236 g/mol. The van der Waals surface area contributed by atoms with Gasteiger partial charge in [-0.15, -0.1) is 0 Å². The quantitative estimate of drug-likeness (QED) is 0.475. The van der Waals surface area contributed by atoms with E-state index in [1.807, 2.05) is 0 Å². The van der Waals surface area contributed by atoms with Crippen molar-refractivity contribution in [3.8, 4) is 0 Å². The summed E-state index contributed by atoms with van der Waals surface area (Å²) in [7, 11) is 0. The van der Waals surface area contributed by atoms with Crippen molar-refractivity contribution in [2.75, 3.05) is 0 Å². The second-order valence-corrected chi connectivity index (χ2v) is 3.22. The van der Waals surface area contributed by atoms with E-state index in [0.29, 0.717) is 0 Å². The van der Waals surface area contributed by atoms with Crippen LogP contribution in [0.15, 0.2) is 18.2 Å². The molecule has 0 radical (unpaired) electrons. The summed E-state index contributed by atoms with van der Waals surface area (Å²) in [5.74, 6) is 3.99. The normalized spacial score (nSPS) is 14.0. The van der Waals surface area contributed by atoms with Gasteiger partial charge in [-0.3, -0.25) is 5.84 Å². The molecule has 1 rings (SSSR count).